The molecule has 0 amide bonds. The number of carboxylic acid groups (broad SMARTS) is 1. The summed E-state index contributed by atoms with van der Waals surface area (Å²) < 4.78 is 0. The number of aryl methyl sites for hydroxylation is 1. The average Bonchev–Trinajstić information content (AvgIpc) is 3.16. The highest BCUT2D eigenvalue weighted by Crippen LogP contribution is 2.34. The van der Waals surface area contributed by atoms with Crippen LogP contribution in [0.4, 0.5) is 0 Å². The summed E-state index contributed by atoms with van der Waals surface area (Å²) >= 11 is 0. The van der Waals surface area contributed by atoms with Gasteiger partial charge in [-0.1, -0.05) is 30.3 Å². The minimum atomic E-state index is -0.915. The lowest BCUT2D eigenvalue weighted by atomic mass is 9.97. The molecule has 0 aliphatic heterocycles. The van der Waals surface area contributed by atoms with Gasteiger partial charge >= 0.3 is 5.97 Å². The van der Waals surface area contributed by atoms with Crippen LogP contribution in [0.5, 0.6) is 0 Å². The highest BCUT2D eigenvalue weighted by atomic mass is 16.4. The molecule has 29 heavy (non-hydrogen) atoms. The maximum absolute atomic E-state index is 11.3. The first-order valence-corrected chi connectivity index (χ1v) is 9.27. The molecule has 0 spiro atoms. The zero-order valence-corrected chi connectivity index (χ0v) is 15.7. The monoisotopic (exact) mass is 379 g/mol. The molecular formula is C24H17N3O2. The Bertz CT molecular complexity index is 1400. The van der Waals surface area contributed by atoms with Gasteiger partial charge in [-0.2, -0.15) is 0 Å². The number of hydrogen-bond acceptors (Lipinski definition) is 3. The second-order valence-corrected chi connectivity index (χ2v) is 7.03. The van der Waals surface area contributed by atoms with E-state index in [4.69, 9.17) is 0 Å². The Labute approximate surface area is 166 Å². The van der Waals surface area contributed by atoms with Crippen LogP contribution in [0.2, 0.25) is 0 Å². The second-order valence-electron chi connectivity index (χ2n) is 7.03. The van der Waals surface area contributed by atoms with Crippen molar-refractivity contribution in [3.05, 3.63) is 84.3 Å². The van der Waals surface area contributed by atoms with Crippen molar-refractivity contribution < 1.29 is 9.90 Å². The van der Waals surface area contributed by atoms with E-state index in [2.05, 4.69) is 33.2 Å². The number of carbonyl (C=O) groups is 1. The minimum Gasteiger partial charge on any atom is -0.478 e. The summed E-state index contributed by atoms with van der Waals surface area (Å²) in [5, 5.41) is 11.4. The number of aromatic carboxylic acids is 1. The van der Waals surface area contributed by atoms with Gasteiger partial charge in [0.2, 0.25) is 0 Å². The molecule has 0 aliphatic carbocycles. The molecule has 5 heteroatoms. The van der Waals surface area contributed by atoms with Crippen LogP contribution in [0, 0.1) is 6.92 Å². The number of fused-ring (bicyclic) bond motifs is 2. The van der Waals surface area contributed by atoms with Crippen molar-refractivity contribution in [3.8, 4) is 22.3 Å². The predicted molar refractivity (Wildman–Crippen MR) is 114 cm³/mol. The van der Waals surface area contributed by atoms with Gasteiger partial charge in [0.25, 0.3) is 0 Å². The van der Waals surface area contributed by atoms with E-state index in [1.165, 1.54) is 0 Å². The third-order valence-corrected chi connectivity index (χ3v) is 5.26. The zero-order chi connectivity index (χ0) is 20.0. The minimum absolute atomic E-state index is 0.315. The van der Waals surface area contributed by atoms with Gasteiger partial charge in [-0.05, 0) is 47.9 Å². The Morgan fingerprint density at radius 3 is 2.66 bits per heavy atom. The van der Waals surface area contributed by atoms with Crippen molar-refractivity contribution in [2.75, 3.05) is 0 Å². The summed E-state index contributed by atoms with van der Waals surface area (Å²) in [6, 6.07) is 17.6. The molecule has 140 valence electrons. The molecular weight excluding hydrogens is 362 g/mol. The molecule has 0 fully saturated rings. The number of aromatic nitrogens is 3. The number of nitrogens with zero attached hydrogens (tertiary/aromatic N) is 2. The van der Waals surface area contributed by atoms with Gasteiger partial charge in [0.15, 0.2) is 0 Å². The SMILES string of the molecule is Cc1cc(-c2c[nH]c3ncc(-c4cccc5ncccc45)cc23)ccc1C(=O)O. The van der Waals surface area contributed by atoms with Crippen molar-refractivity contribution in [2.45, 2.75) is 6.92 Å². The number of rotatable bonds is 3. The Morgan fingerprint density at radius 1 is 0.931 bits per heavy atom. The maximum Gasteiger partial charge on any atom is 0.335 e. The molecule has 0 atom stereocenters. The number of H-pyrrole nitrogens is 1. The summed E-state index contributed by atoms with van der Waals surface area (Å²) in [5.41, 5.74) is 6.82. The van der Waals surface area contributed by atoms with Crippen molar-refractivity contribution in [1.29, 1.82) is 0 Å². The summed E-state index contributed by atoms with van der Waals surface area (Å²) in [6.07, 6.45) is 5.57. The van der Waals surface area contributed by atoms with Gasteiger partial charge in [0.1, 0.15) is 5.65 Å². The van der Waals surface area contributed by atoms with E-state index < -0.39 is 5.97 Å². The first-order chi connectivity index (χ1) is 14.1. The van der Waals surface area contributed by atoms with Gasteiger partial charge in [-0.3, -0.25) is 4.98 Å². The predicted octanol–water partition coefficient (Wildman–Crippen LogP) is 5.45. The van der Waals surface area contributed by atoms with E-state index in [-0.39, 0.29) is 0 Å². The standard InChI is InChI=1S/C24H17N3O2/c1-14-10-15(7-8-17(14)24(28)29)21-13-27-23-20(21)11-16(12-26-23)18-4-2-6-22-19(18)5-3-9-25-22/h2-13H,1H3,(H,26,27)(H,28,29). The molecule has 3 aromatic heterocycles. The zero-order valence-electron chi connectivity index (χ0n) is 15.7. The number of pyridine rings is 2. The van der Waals surface area contributed by atoms with Crippen LogP contribution >= 0.6 is 0 Å². The topological polar surface area (TPSA) is 78.9 Å². The van der Waals surface area contributed by atoms with Crippen molar-refractivity contribution >= 4 is 27.9 Å². The fraction of sp³-hybridized carbons (Fsp3) is 0.0417. The maximum atomic E-state index is 11.3. The Kier molecular flexibility index (Phi) is 3.88. The van der Waals surface area contributed by atoms with Crippen LogP contribution in [0.25, 0.3) is 44.2 Å². The summed E-state index contributed by atoms with van der Waals surface area (Å²) in [5.74, 6) is -0.915. The second kappa shape index (κ2) is 6.56. The van der Waals surface area contributed by atoms with Gasteiger partial charge in [0, 0.05) is 40.5 Å². The number of nitrogens with one attached hydrogen (secondary N) is 1. The van der Waals surface area contributed by atoms with Crippen LogP contribution in [0.15, 0.2) is 73.2 Å². The van der Waals surface area contributed by atoms with E-state index in [1.807, 2.05) is 49.6 Å². The van der Waals surface area contributed by atoms with Gasteiger partial charge < -0.3 is 10.1 Å². The number of aromatic amines is 1. The molecule has 5 rings (SSSR count). The van der Waals surface area contributed by atoms with Crippen LogP contribution < -0.4 is 0 Å². The van der Waals surface area contributed by atoms with Crippen LogP contribution in [0.3, 0.4) is 0 Å². The molecule has 0 saturated carbocycles. The molecule has 0 aliphatic rings. The molecule has 0 saturated heterocycles. The molecule has 3 heterocycles. The third kappa shape index (κ3) is 2.84. The van der Waals surface area contributed by atoms with Crippen LogP contribution in [-0.2, 0) is 0 Å². The number of benzene rings is 2. The molecule has 5 nitrogen and oxygen atoms in total. The fourth-order valence-electron chi connectivity index (χ4n) is 3.82. The lowest BCUT2D eigenvalue weighted by Crippen LogP contribution is -1.99. The summed E-state index contributed by atoms with van der Waals surface area (Å²) in [6.45, 7) is 1.81. The van der Waals surface area contributed by atoms with Gasteiger partial charge in [-0.15, -0.1) is 0 Å². The van der Waals surface area contributed by atoms with Crippen molar-refractivity contribution in [2.24, 2.45) is 0 Å². The van der Waals surface area contributed by atoms with Gasteiger partial charge in [-0.25, -0.2) is 9.78 Å². The van der Waals surface area contributed by atoms with E-state index >= 15 is 0 Å². The van der Waals surface area contributed by atoms with E-state index in [9.17, 15) is 9.90 Å². The van der Waals surface area contributed by atoms with Crippen molar-refractivity contribution in [3.63, 3.8) is 0 Å². The largest absolute Gasteiger partial charge is 0.478 e. The lowest BCUT2D eigenvalue weighted by Gasteiger charge is -2.08. The Hall–Kier alpha value is -3.99. The Morgan fingerprint density at radius 2 is 1.83 bits per heavy atom. The molecule has 0 unspecified atom stereocenters. The lowest BCUT2D eigenvalue weighted by molar-refractivity contribution is 0.0696. The smallest absolute Gasteiger partial charge is 0.335 e. The van der Waals surface area contributed by atoms with E-state index in [0.717, 1.165) is 49.8 Å². The molecule has 5 aromatic rings. The highest BCUT2D eigenvalue weighted by Gasteiger charge is 2.13. The average molecular weight is 379 g/mol. The molecule has 0 bridgehead atoms. The van der Waals surface area contributed by atoms with Gasteiger partial charge in [0.05, 0.1) is 11.1 Å². The van der Waals surface area contributed by atoms with E-state index in [0.29, 0.717) is 5.56 Å². The molecule has 2 aromatic carbocycles. The Balaban J connectivity index is 1.68. The molecule has 0 radical (unpaired) electrons. The highest BCUT2D eigenvalue weighted by molar-refractivity contribution is 6.00. The first-order valence-electron chi connectivity index (χ1n) is 9.27. The summed E-state index contributed by atoms with van der Waals surface area (Å²) in [4.78, 5) is 23.6. The summed E-state index contributed by atoms with van der Waals surface area (Å²) in [7, 11) is 0. The fourth-order valence-corrected chi connectivity index (χ4v) is 3.82. The van der Waals surface area contributed by atoms with Crippen molar-refractivity contribution in [1.82, 2.24) is 15.0 Å². The number of hydrogen-bond donors (Lipinski definition) is 2. The van der Waals surface area contributed by atoms with E-state index in [1.54, 1.807) is 12.3 Å². The first kappa shape index (κ1) is 17.1. The number of carboxylic acids is 1. The quantitative estimate of drug-likeness (QED) is 0.437. The molecule has 2 N–H and O–H groups in total. The third-order valence-electron chi connectivity index (χ3n) is 5.26. The normalized spacial score (nSPS) is 11.2. The van der Waals surface area contributed by atoms with Crippen LogP contribution in [-0.4, -0.2) is 26.0 Å². The van der Waals surface area contributed by atoms with Crippen LogP contribution in [0.1, 0.15) is 15.9 Å².